The molecule has 0 saturated carbocycles. The van der Waals surface area contributed by atoms with Gasteiger partial charge in [-0.3, -0.25) is 0 Å². The quantitative estimate of drug-likeness (QED) is 0.585. The monoisotopic (exact) mass is 376 g/mol. The first kappa shape index (κ1) is 21.8. The van der Waals surface area contributed by atoms with E-state index in [2.05, 4.69) is 67.7 Å². The summed E-state index contributed by atoms with van der Waals surface area (Å²) in [6.07, 6.45) is -1.95. The summed E-state index contributed by atoms with van der Waals surface area (Å²) in [6, 6.07) is 0. The second kappa shape index (κ2) is 6.83. The fourth-order valence-electron chi connectivity index (χ4n) is 2.02. The third-order valence-corrected chi connectivity index (χ3v) is 14.7. The van der Waals surface area contributed by atoms with Gasteiger partial charge in [0.2, 0.25) is 0 Å². The van der Waals surface area contributed by atoms with Gasteiger partial charge in [-0.25, -0.2) is 4.79 Å². The topological polar surface area (TPSA) is 65.0 Å². The van der Waals surface area contributed by atoms with Crippen LogP contribution in [0.2, 0.25) is 36.3 Å². The van der Waals surface area contributed by atoms with Crippen LogP contribution in [0.25, 0.3) is 0 Å². The molecule has 0 bridgehead atoms. The highest BCUT2D eigenvalue weighted by molar-refractivity contribution is 6.74. The van der Waals surface area contributed by atoms with Crippen molar-refractivity contribution in [3.05, 3.63) is 0 Å². The van der Waals surface area contributed by atoms with Gasteiger partial charge in [-0.15, -0.1) is 0 Å². The predicted molar refractivity (Wildman–Crippen MR) is 101 cm³/mol. The van der Waals surface area contributed by atoms with Crippen LogP contribution in [0.15, 0.2) is 0 Å². The van der Waals surface area contributed by atoms with Crippen LogP contribution in [0.4, 0.5) is 0 Å². The first-order valence-corrected chi connectivity index (χ1v) is 14.5. The van der Waals surface area contributed by atoms with Crippen LogP contribution in [-0.2, 0) is 18.4 Å². The minimum Gasteiger partial charge on any atom is -0.455 e. The summed E-state index contributed by atoms with van der Waals surface area (Å²) >= 11 is 0. The number of esters is 1. The Morgan fingerprint density at radius 2 is 1.38 bits per heavy atom. The number of ether oxygens (including phenoxy) is 1. The van der Waals surface area contributed by atoms with E-state index in [4.69, 9.17) is 13.6 Å². The van der Waals surface area contributed by atoms with Crippen molar-refractivity contribution in [1.29, 1.82) is 0 Å². The number of hydrogen-bond donors (Lipinski definition) is 1. The lowest BCUT2D eigenvalue weighted by atomic mass is 10.1. The maximum absolute atomic E-state index is 12.4. The van der Waals surface area contributed by atoms with Crippen molar-refractivity contribution >= 4 is 22.6 Å². The summed E-state index contributed by atoms with van der Waals surface area (Å²) in [5.41, 5.74) is 0. The molecule has 142 valence electrons. The minimum absolute atomic E-state index is 0.000166. The van der Waals surface area contributed by atoms with Crippen LogP contribution in [-0.4, -0.2) is 52.6 Å². The van der Waals surface area contributed by atoms with Gasteiger partial charge in [0.15, 0.2) is 28.8 Å². The molecule has 0 aliphatic carbocycles. The molecule has 24 heavy (non-hydrogen) atoms. The van der Waals surface area contributed by atoms with Gasteiger partial charge in [0.1, 0.15) is 6.10 Å². The molecule has 1 N–H and O–H groups in total. The second-order valence-corrected chi connectivity index (χ2v) is 19.3. The molecule has 1 fully saturated rings. The Bertz CT molecular complexity index is 463. The maximum atomic E-state index is 12.4. The van der Waals surface area contributed by atoms with E-state index < -0.39 is 40.9 Å². The lowest BCUT2D eigenvalue weighted by Crippen LogP contribution is -2.53. The van der Waals surface area contributed by atoms with E-state index in [-0.39, 0.29) is 16.7 Å². The number of aliphatic hydroxyl groups excluding tert-OH is 1. The van der Waals surface area contributed by atoms with E-state index in [1.807, 2.05) is 0 Å². The molecule has 1 aliphatic heterocycles. The molecule has 0 aromatic rings. The van der Waals surface area contributed by atoms with Gasteiger partial charge in [0, 0.05) is 0 Å². The van der Waals surface area contributed by atoms with Gasteiger partial charge in [0.25, 0.3) is 0 Å². The number of rotatable bonds is 5. The Balaban J connectivity index is 3.10. The normalized spacial score (nSPS) is 26.6. The second-order valence-electron chi connectivity index (χ2n) is 9.80. The highest BCUT2D eigenvalue weighted by atomic mass is 28.4. The Morgan fingerprint density at radius 1 is 0.958 bits per heavy atom. The van der Waals surface area contributed by atoms with Crippen molar-refractivity contribution in [2.45, 2.75) is 96.1 Å². The van der Waals surface area contributed by atoms with Gasteiger partial charge in [-0.1, -0.05) is 41.5 Å². The Morgan fingerprint density at radius 3 is 1.75 bits per heavy atom. The van der Waals surface area contributed by atoms with Crippen molar-refractivity contribution in [1.82, 2.24) is 0 Å². The lowest BCUT2D eigenvalue weighted by Gasteiger charge is -2.42. The van der Waals surface area contributed by atoms with Crippen LogP contribution in [0.3, 0.4) is 0 Å². The van der Waals surface area contributed by atoms with Gasteiger partial charge in [0.05, 0.1) is 6.61 Å². The van der Waals surface area contributed by atoms with Gasteiger partial charge in [-0.05, 0) is 36.3 Å². The highest BCUT2D eigenvalue weighted by Crippen LogP contribution is 2.42. The van der Waals surface area contributed by atoms with E-state index in [9.17, 15) is 9.90 Å². The van der Waals surface area contributed by atoms with Crippen LogP contribution in [0.5, 0.6) is 0 Å². The van der Waals surface area contributed by atoms with E-state index >= 15 is 0 Å². The molecule has 7 heteroatoms. The number of aliphatic hydroxyl groups is 1. The maximum Gasteiger partial charge on any atom is 0.337 e. The number of hydrogen-bond acceptors (Lipinski definition) is 5. The molecule has 1 heterocycles. The number of carbonyl (C=O) groups is 1. The van der Waals surface area contributed by atoms with E-state index in [1.54, 1.807) is 0 Å². The number of cyclic esters (lactones) is 1. The van der Waals surface area contributed by atoms with Crippen LogP contribution < -0.4 is 0 Å². The third-order valence-electron chi connectivity index (χ3n) is 5.81. The van der Waals surface area contributed by atoms with Crippen molar-refractivity contribution < 1.29 is 23.5 Å². The molecule has 0 aromatic heterocycles. The predicted octanol–water partition coefficient (Wildman–Crippen LogP) is 3.68. The van der Waals surface area contributed by atoms with Crippen molar-refractivity contribution in [2.24, 2.45) is 0 Å². The largest absolute Gasteiger partial charge is 0.455 e. The van der Waals surface area contributed by atoms with Crippen LogP contribution in [0, 0.1) is 0 Å². The third kappa shape index (κ3) is 4.49. The van der Waals surface area contributed by atoms with E-state index in [0.29, 0.717) is 0 Å². The van der Waals surface area contributed by atoms with Gasteiger partial charge >= 0.3 is 5.97 Å². The molecular formula is C17H36O5Si2. The van der Waals surface area contributed by atoms with Crippen molar-refractivity contribution in [2.75, 3.05) is 6.61 Å². The molecular weight excluding hydrogens is 340 g/mol. The first-order valence-electron chi connectivity index (χ1n) is 8.70. The summed E-state index contributed by atoms with van der Waals surface area (Å²) in [5.74, 6) is -0.414. The summed E-state index contributed by atoms with van der Waals surface area (Å²) in [4.78, 5) is 12.4. The molecule has 1 saturated heterocycles. The van der Waals surface area contributed by atoms with Crippen LogP contribution in [0.1, 0.15) is 41.5 Å². The van der Waals surface area contributed by atoms with Crippen molar-refractivity contribution in [3.8, 4) is 0 Å². The molecule has 1 rings (SSSR count). The molecule has 3 atom stereocenters. The van der Waals surface area contributed by atoms with E-state index in [1.165, 1.54) is 0 Å². The first-order chi connectivity index (χ1) is 10.5. The zero-order valence-electron chi connectivity index (χ0n) is 17.0. The molecule has 1 aliphatic rings. The zero-order chi connectivity index (χ0) is 19.1. The smallest absolute Gasteiger partial charge is 0.337 e. The standard InChI is InChI=1S/C17H36O5Si2/c1-16(2,3)23(7,8)21-13-12(11-18)20-15(19)14(13)22-24(9,10)17(4,5)6/h12-14,18H,11H2,1-10H3/t12-,13-,14-/m1/s1. The van der Waals surface area contributed by atoms with Crippen molar-refractivity contribution in [3.63, 3.8) is 0 Å². The van der Waals surface area contributed by atoms with Gasteiger partial charge in [-0.2, -0.15) is 0 Å². The summed E-state index contributed by atoms with van der Waals surface area (Å²) in [7, 11) is -4.29. The Labute approximate surface area is 149 Å². The molecule has 0 radical (unpaired) electrons. The van der Waals surface area contributed by atoms with Gasteiger partial charge < -0.3 is 18.7 Å². The lowest BCUT2D eigenvalue weighted by molar-refractivity contribution is -0.147. The van der Waals surface area contributed by atoms with E-state index in [0.717, 1.165) is 0 Å². The molecule has 0 aromatic carbocycles. The molecule has 5 nitrogen and oxygen atoms in total. The average Bonchev–Trinajstić information content (AvgIpc) is 2.63. The summed E-state index contributed by atoms with van der Waals surface area (Å²) in [5, 5.41) is 9.62. The molecule has 0 spiro atoms. The highest BCUT2D eigenvalue weighted by Gasteiger charge is 2.53. The Kier molecular flexibility index (Phi) is 6.21. The number of carbonyl (C=O) groups excluding carboxylic acids is 1. The molecule has 0 unspecified atom stereocenters. The minimum atomic E-state index is -2.16. The Hall–Kier alpha value is -0.216. The SMILES string of the molecule is CC(C)(C)[Si](C)(C)O[C@@H]1[C@@H](CO)OC(=O)[C@@H]1O[Si](C)(C)C(C)(C)C. The summed E-state index contributed by atoms with van der Waals surface area (Å²) in [6.45, 7) is 21.1. The fraction of sp³-hybridized carbons (Fsp3) is 0.941. The zero-order valence-corrected chi connectivity index (χ0v) is 19.0. The molecule has 0 amide bonds. The average molecular weight is 377 g/mol. The summed E-state index contributed by atoms with van der Waals surface area (Å²) < 4.78 is 18.1. The van der Waals surface area contributed by atoms with Crippen LogP contribution >= 0.6 is 0 Å². The fourth-order valence-corrected chi connectivity index (χ4v) is 4.55.